The van der Waals surface area contributed by atoms with Gasteiger partial charge >= 0.3 is 0 Å². The molecule has 18 heavy (non-hydrogen) atoms. The molecule has 0 aromatic heterocycles. The number of carbonyl (C=O) groups is 1. The second-order valence-corrected chi connectivity index (χ2v) is 6.59. The molecule has 0 atom stereocenters. The van der Waals surface area contributed by atoms with Gasteiger partial charge in [-0.3, -0.25) is 4.79 Å². The molecule has 0 radical (unpaired) electrons. The van der Waals surface area contributed by atoms with Gasteiger partial charge in [0.05, 0.1) is 10.4 Å². The van der Waals surface area contributed by atoms with Gasteiger partial charge in [0.1, 0.15) is 0 Å². The van der Waals surface area contributed by atoms with Crippen LogP contribution in [-0.2, 0) is 4.79 Å². The number of rotatable bonds is 5. The maximum atomic E-state index is 12.9. The first kappa shape index (κ1) is 13.8. The van der Waals surface area contributed by atoms with Crippen LogP contribution in [0.15, 0.2) is 0 Å². The molecule has 0 aromatic carbocycles. The van der Waals surface area contributed by atoms with Gasteiger partial charge in [-0.25, -0.2) is 0 Å². The van der Waals surface area contributed by atoms with E-state index < -0.39 is 5.41 Å². The number of nitrogens with two attached hydrogens (primary N) is 1. The zero-order valence-electron chi connectivity index (χ0n) is 11.4. The Labute approximate surface area is 115 Å². The lowest BCUT2D eigenvalue weighted by Gasteiger charge is -2.36. The molecule has 102 valence electrons. The molecule has 3 nitrogen and oxygen atoms in total. The highest BCUT2D eigenvalue weighted by Gasteiger charge is 2.47. The molecule has 0 aliphatic heterocycles. The van der Waals surface area contributed by atoms with Crippen molar-refractivity contribution in [3.8, 4) is 0 Å². The van der Waals surface area contributed by atoms with E-state index in [1.165, 1.54) is 12.8 Å². The van der Waals surface area contributed by atoms with E-state index in [0.29, 0.717) is 10.9 Å². The second-order valence-electron chi connectivity index (χ2n) is 6.15. The van der Waals surface area contributed by atoms with Crippen molar-refractivity contribution in [1.29, 1.82) is 0 Å². The summed E-state index contributed by atoms with van der Waals surface area (Å²) < 4.78 is 0. The number of hydrogen-bond donors (Lipinski definition) is 1. The molecule has 0 heterocycles. The summed E-state index contributed by atoms with van der Waals surface area (Å²) in [7, 11) is 0. The summed E-state index contributed by atoms with van der Waals surface area (Å²) in [6, 6.07) is 0.241. The number of carbonyl (C=O) groups excluding carboxylic acids is 1. The van der Waals surface area contributed by atoms with Crippen molar-refractivity contribution >= 4 is 23.1 Å². The van der Waals surface area contributed by atoms with Gasteiger partial charge in [-0.1, -0.05) is 25.1 Å². The first-order valence-corrected chi connectivity index (χ1v) is 7.49. The molecule has 0 saturated heterocycles. The quantitative estimate of drug-likeness (QED) is 0.779. The summed E-state index contributed by atoms with van der Waals surface area (Å²) in [5, 5.41) is 0. The van der Waals surface area contributed by atoms with Crippen LogP contribution >= 0.6 is 12.2 Å². The third-order valence-electron chi connectivity index (χ3n) is 4.37. The number of nitrogens with zero attached hydrogens (tertiary/aromatic N) is 1. The molecular weight excluding hydrogens is 244 g/mol. The fourth-order valence-electron chi connectivity index (χ4n) is 2.93. The maximum absolute atomic E-state index is 12.9. The van der Waals surface area contributed by atoms with Crippen molar-refractivity contribution < 1.29 is 4.79 Å². The summed E-state index contributed by atoms with van der Waals surface area (Å²) >= 11 is 5.21. The topological polar surface area (TPSA) is 46.3 Å². The minimum absolute atomic E-state index is 0.189. The van der Waals surface area contributed by atoms with Crippen LogP contribution in [0.3, 0.4) is 0 Å². The summed E-state index contributed by atoms with van der Waals surface area (Å²) in [5.74, 6) is 0.899. The molecule has 4 heteroatoms. The highest BCUT2D eigenvalue weighted by atomic mass is 32.1. The lowest BCUT2D eigenvalue weighted by Crippen LogP contribution is -2.52. The molecular formula is C14H24N2OS. The van der Waals surface area contributed by atoms with Crippen molar-refractivity contribution in [3.63, 3.8) is 0 Å². The highest BCUT2D eigenvalue weighted by molar-refractivity contribution is 7.80. The first-order chi connectivity index (χ1) is 8.47. The average molecular weight is 268 g/mol. The summed E-state index contributed by atoms with van der Waals surface area (Å²) in [4.78, 5) is 15.3. The Morgan fingerprint density at radius 1 is 1.39 bits per heavy atom. The zero-order valence-corrected chi connectivity index (χ0v) is 12.3. The SMILES string of the molecule is CC(C)N(CC1CC1)C(=O)C1(C(N)=S)CCCC1. The fourth-order valence-corrected chi connectivity index (χ4v) is 3.22. The van der Waals surface area contributed by atoms with Crippen molar-refractivity contribution in [2.45, 2.75) is 58.4 Å². The average Bonchev–Trinajstić information content (AvgIpc) is 2.98. The van der Waals surface area contributed by atoms with E-state index in [2.05, 4.69) is 13.8 Å². The van der Waals surface area contributed by atoms with Crippen LogP contribution in [-0.4, -0.2) is 28.4 Å². The molecule has 0 spiro atoms. The predicted octanol–water partition coefficient (Wildman–Crippen LogP) is 2.48. The molecule has 0 bridgehead atoms. The van der Waals surface area contributed by atoms with Crippen LogP contribution in [0.4, 0.5) is 0 Å². The van der Waals surface area contributed by atoms with Gasteiger partial charge in [-0.05, 0) is 45.4 Å². The standard InChI is InChI=1S/C14H24N2OS/c1-10(2)16(9-11-5-6-11)13(17)14(12(15)18)7-3-4-8-14/h10-11H,3-9H2,1-2H3,(H2,15,18). The van der Waals surface area contributed by atoms with Gasteiger partial charge in [0.2, 0.25) is 5.91 Å². The third kappa shape index (κ3) is 2.53. The fraction of sp³-hybridized carbons (Fsp3) is 0.857. The minimum Gasteiger partial charge on any atom is -0.392 e. The maximum Gasteiger partial charge on any atom is 0.235 e. The van der Waals surface area contributed by atoms with Crippen molar-refractivity contribution in [2.24, 2.45) is 17.1 Å². The van der Waals surface area contributed by atoms with Gasteiger partial charge in [-0.15, -0.1) is 0 Å². The second kappa shape index (κ2) is 5.16. The number of amides is 1. The molecule has 2 rings (SSSR count). The Hall–Kier alpha value is -0.640. The highest BCUT2D eigenvalue weighted by Crippen LogP contribution is 2.41. The Balaban J connectivity index is 2.16. The molecule has 2 saturated carbocycles. The lowest BCUT2D eigenvalue weighted by atomic mass is 9.84. The van der Waals surface area contributed by atoms with Crippen LogP contribution in [0.2, 0.25) is 0 Å². The van der Waals surface area contributed by atoms with Crippen LogP contribution in [0.5, 0.6) is 0 Å². The van der Waals surface area contributed by atoms with E-state index in [9.17, 15) is 4.79 Å². The van der Waals surface area contributed by atoms with E-state index in [1.54, 1.807) is 0 Å². The number of thiocarbonyl (C=S) groups is 1. The van der Waals surface area contributed by atoms with Gasteiger partial charge in [0, 0.05) is 12.6 Å². The van der Waals surface area contributed by atoms with E-state index in [-0.39, 0.29) is 11.9 Å². The Morgan fingerprint density at radius 3 is 2.33 bits per heavy atom. The molecule has 0 aromatic rings. The molecule has 2 N–H and O–H groups in total. The van der Waals surface area contributed by atoms with Crippen molar-refractivity contribution in [2.75, 3.05) is 6.54 Å². The first-order valence-electron chi connectivity index (χ1n) is 7.08. The van der Waals surface area contributed by atoms with E-state index in [4.69, 9.17) is 18.0 Å². The summed E-state index contributed by atoms with van der Waals surface area (Å²) in [6.45, 7) is 5.06. The van der Waals surface area contributed by atoms with E-state index >= 15 is 0 Å². The molecule has 2 fully saturated rings. The van der Waals surface area contributed by atoms with Crippen LogP contribution in [0.25, 0.3) is 0 Å². The van der Waals surface area contributed by atoms with Gasteiger partial charge in [0.25, 0.3) is 0 Å². The molecule has 0 unspecified atom stereocenters. The van der Waals surface area contributed by atoms with Crippen LogP contribution in [0.1, 0.15) is 52.4 Å². The molecule has 2 aliphatic carbocycles. The summed E-state index contributed by atoms with van der Waals surface area (Å²) in [6.07, 6.45) is 6.34. The normalized spacial score (nSPS) is 22.2. The minimum atomic E-state index is -0.533. The monoisotopic (exact) mass is 268 g/mol. The van der Waals surface area contributed by atoms with Gasteiger partial charge < -0.3 is 10.6 Å². The molecule has 1 amide bonds. The van der Waals surface area contributed by atoms with Crippen molar-refractivity contribution in [3.05, 3.63) is 0 Å². The predicted molar refractivity (Wildman–Crippen MR) is 77.3 cm³/mol. The van der Waals surface area contributed by atoms with E-state index in [0.717, 1.165) is 32.2 Å². The Morgan fingerprint density at radius 2 is 1.94 bits per heavy atom. The van der Waals surface area contributed by atoms with Crippen LogP contribution < -0.4 is 5.73 Å². The number of hydrogen-bond acceptors (Lipinski definition) is 2. The van der Waals surface area contributed by atoms with E-state index in [1.807, 2.05) is 4.90 Å². The summed E-state index contributed by atoms with van der Waals surface area (Å²) in [5.41, 5.74) is 5.37. The third-order valence-corrected chi connectivity index (χ3v) is 4.76. The van der Waals surface area contributed by atoms with Gasteiger partial charge in [-0.2, -0.15) is 0 Å². The molecule has 2 aliphatic rings. The van der Waals surface area contributed by atoms with Crippen LogP contribution in [0, 0.1) is 11.3 Å². The largest absolute Gasteiger partial charge is 0.392 e. The van der Waals surface area contributed by atoms with Crippen molar-refractivity contribution in [1.82, 2.24) is 4.90 Å². The zero-order chi connectivity index (χ0) is 13.3. The Bertz CT molecular complexity index is 344. The lowest BCUT2D eigenvalue weighted by molar-refractivity contribution is -0.140. The Kier molecular flexibility index (Phi) is 3.95. The smallest absolute Gasteiger partial charge is 0.235 e. The van der Waals surface area contributed by atoms with Gasteiger partial charge in [0.15, 0.2) is 0 Å².